The Kier molecular flexibility index (Phi) is 3.77. The minimum Gasteiger partial charge on any atom is -0.342 e. The van der Waals surface area contributed by atoms with Gasteiger partial charge in [-0.3, -0.25) is 9.59 Å². The summed E-state index contributed by atoms with van der Waals surface area (Å²) in [6.07, 6.45) is -0.434. The van der Waals surface area contributed by atoms with Crippen LogP contribution in [0.2, 0.25) is 0 Å². The summed E-state index contributed by atoms with van der Waals surface area (Å²) >= 11 is 1.48. The zero-order valence-electron chi connectivity index (χ0n) is 8.37. The Labute approximate surface area is 86.9 Å². The van der Waals surface area contributed by atoms with Crippen molar-refractivity contribution in [3.05, 3.63) is 0 Å². The summed E-state index contributed by atoms with van der Waals surface area (Å²) in [5.74, 6) is -0.296. The van der Waals surface area contributed by atoms with Gasteiger partial charge in [0.25, 0.3) is 0 Å². The second-order valence-corrected chi connectivity index (χ2v) is 4.53. The highest BCUT2D eigenvalue weighted by molar-refractivity contribution is 8.00. The Morgan fingerprint density at radius 1 is 1.21 bits per heavy atom. The van der Waals surface area contributed by atoms with Gasteiger partial charge in [-0.1, -0.05) is 0 Å². The number of hydrogen-bond donors (Lipinski definition) is 2. The molecule has 1 rings (SSSR count). The Bertz CT molecular complexity index is 223. The molecule has 80 valence electrons. The molecule has 2 amide bonds. The second-order valence-electron chi connectivity index (χ2n) is 3.08. The summed E-state index contributed by atoms with van der Waals surface area (Å²) < 4.78 is 5.40. The fraction of sp³-hybridized carbons (Fsp3) is 0.750. The number of hydrogen-bond acceptors (Lipinski definition) is 4. The second kappa shape index (κ2) is 4.65. The van der Waals surface area contributed by atoms with E-state index < -0.39 is 6.23 Å². The summed E-state index contributed by atoms with van der Waals surface area (Å²) in [6.45, 7) is 4.73. The lowest BCUT2D eigenvalue weighted by atomic mass is 10.5. The number of thioether (sulfide) groups is 1. The van der Waals surface area contributed by atoms with E-state index in [0.29, 0.717) is 0 Å². The third-order valence-corrected chi connectivity index (χ3v) is 2.80. The van der Waals surface area contributed by atoms with Gasteiger partial charge in [-0.2, -0.15) is 0 Å². The van der Waals surface area contributed by atoms with Gasteiger partial charge in [0.1, 0.15) is 10.8 Å². The standard InChI is InChI=1S/C8H14N2O3S/c1-4(11)9-7-8(10-5(2)12)14-6(3)13-7/h6-8H,1-3H3,(H,9,11)(H,10,12). The molecule has 1 fully saturated rings. The molecule has 1 aliphatic rings. The number of rotatable bonds is 2. The first-order valence-electron chi connectivity index (χ1n) is 4.34. The Hall–Kier alpha value is -0.750. The smallest absolute Gasteiger partial charge is 0.218 e. The van der Waals surface area contributed by atoms with E-state index in [-0.39, 0.29) is 22.6 Å². The van der Waals surface area contributed by atoms with Gasteiger partial charge in [-0.25, -0.2) is 0 Å². The van der Waals surface area contributed by atoms with Crippen LogP contribution in [0.4, 0.5) is 0 Å². The zero-order chi connectivity index (χ0) is 10.7. The largest absolute Gasteiger partial charge is 0.342 e. The molecule has 0 aliphatic carbocycles. The Morgan fingerprint density at radius 3 is 2.29 bits per heavy atom. The molecule has 0 aromatic heterocycles. The molecule has 0 radical (unpaired) electrons. The van der Waals surface area contributed by atoms with E-state index in [2.05, 4.69) is 10.6 Å². The first-order chi connectivity index (χ1) is 6.49. The number of carbonyl (C=O) groups excluding carboxylic acids is 2. The van der Waals surface area contributed by atoms with Crippen LogP contribution in [0.5, 0.6) is 0 Å². The van der Waals surface area contributed by atoms with E-state index in [9.17, 15) is 9.59 Å². The van der Waals surface area contributed by atoms with Crippen molar-refractivity contribution in [1.29, 1.82) is 0 Å². The highest BCUT2D eigenvalue weighted by atomic mass is 32.2. The first-order valence-corrected chi connectivity index (χ1v) is 5.28. The predicted octanol–water partition coefficient (Wildman–Crippen LogP) is 0.0202. The molecule has 14 heavy (non-hydrogen) atoms. The van der Waals surface area contributed by atoms with Crippen LogP contribution in [0.15, 0.2) is 0 Å². The van der Waals surface area contributed by atoms with E-state index in [1.807, 2.05) is 6.92 Å². The van der Waals surface area contributed by atoms with Crippen molar-refractivity contribution in [3.8, 4) is 0 Å². The van der Waals surface area contributed by atoms with Gasteiger partial charge in [-0.05, 0) is 6.92 Å². The van der Waals surface area contributed by atoms with Gasteiger partial charge in [0.2, 0.25) is 11.8 Å². The van der Waals surface area contributed by atoms with Gasteiger partial charge >= 0.3 is 0 Å². The SMILES string of the molecule is CC(=O)NC1OC(C)SC1NC(C)=O. The molecule has 0 aromatic carbocycles. The molecule has 0 bridgehead atoms. The lowest BCUT2D eigenvalue weighted by Gasteiger charge is -2.18. The highest BCUT2D eigenvalue weighted by Crippen LogP contribution is 2.29. The molecule has 5 nitrogen and oxygen atoms in total. The molecule has 1 heterocycles. The normalized spacial score (nSPS) is 31.2. The Morgan fingerprint density at radius 2 is 1.79 bits per heavy atom. The third kappa shape index (κ3) is 3.19. The van der Waals surface area contributed by atoms with Gasteiger partial charge < -0.3 is 15.4 Å². The van der Waals surface area contributed by atoms with E-state index in [1.54, 1.807) is 0 Å². The lowest BCUT2D eigenvalue weighted by Crippen LogP contribution is -2.47. The zero-order valence-corrected chi connectivity index (χ0v) is 9.18. The molecule has 0 aromatic rings. The molecule has 1 aliphatic heterocycles. The molecule has 6 heteroatoms. The quantitative estimate of drug-likeness (QED) is 0.685. The maximum atomic E-state index is 10.8. The monoisotopic (exact) mass is 218 g/mol. The first kappa shape index (κ1) is 11.3. The third-order valence-electron chi connectivity index (χ3n) is 1.64. The van der Waals surface area contributed by atoms with Crippen molar-refractivity contribution >= 4 is 23.6 Å². The molecule has 0 saturated carbocycles. The summed E-state index contributed by atoms with van der Waals surface area (Å²) in [4.78, 5) is 21.7. The average Bonchev–Trinajstić information content (AvgIpc) is 2.28. The highest BCUT2D eigenvalue weighted by Gasteiger charge is 2.34. The predicted molar refractivity (Wildman–Crippen MR) is 53.3 cm³/mol. The minimum atomic E-state index is -0.434. The van der Waals surface area contributed by atoms with Gasteiger partial charge in [0, 0.05) is 13.8 Å². The van der Waals surface area contributed by atoms with E-state index in [0.717, 1.165) is 0 Å². The number of amides is 2. The Balaban J connectivity index is 2.53. The van der Waals surface area contributed by atoms with Crippen molar-refractivity contribution in [1.82, 2.24) is 10.6 Å². The summed E-state index contributed by atoms with van der Waals surface area (Å²) in [5, 5.41) is 5.14. The van der Waals surface area contributed by atoms with E-state index in [1.165, 1.54) is 25.6 Å². The van der Waals surface area contributed by atoms with Gasteiger partial charge in [-0.15, -0.1) is 11.8 Å². The summed E-state index contributed by atoms with van der Waals surface area (Å²) in [6, 6.07) is 0. The molecular weight excluding hydrogens is 204 g/mol. The van der Waals surface area contributed by atoms with Crippen molar-refractivity contribution in [2.24, 2.45) is 0 Å². The maximum Gasteiger partial charge on any atom is 0.218 e. The fourth-order valence-corrected chi connectivity index (χ4v) is 2.31. The van der Waals surface area contributed by atoms with Gasteiger partial charge in [0.15, 0.2) is 6.23 Å². The summed E-state index contributed by atoms with van der Waals surface area (Å²) in [5.41, 5.74) is -0.0244. The molecule has 0 spiro atoms. The average molecular weight is 218 g/mol. The molecule has 3 atom stereocenters. The molecular formula is C8H14N2O3S. The van der Waals surface area contributed by atoms with Crippen LogP contribution in [-0.4, -0.2) is 28.9 Å². The summed E-state index contributed by atoms with van der Waals surface area (Å²) in [7, 11) is 0. The molecule has 1 saturated heterocycles. The number of nitrogens with one attached hydrogen (secondary N) is 2. The minimum absolute atomic E-state index is 0.0244. The van der Waals surface area contributed by atoms with Crippen LogP contribution >= 0.6 is 11.8 Å². The van der Waals surface area contributed by atoms with Crippen LogP contribution < -0.4 is 10.6 Å². The van der Waals surface area contributed by atoms with Gasteiger partial charge in [0.05, 0.1) is 0 Å². The van der Waals surface area contributed by atoms with E-state index in [4.69, 9.17) is 4.74 Å². The van der Waals surface area contributed by atoms with Crippen molar-refractivity contribution in [2.45, 2.75) is 37.8 Å². The maximum absolute atomic E-state index is 10.8. The number of carbonyl (C=O) groups is 2. The van der Waals surface area contributed by atoms with Crippen LogP contribution in [0.25, 0.3) is 0 Å². The van der Waals surface area contributed by atoms with Crippen LogP contribution in [0.3, 0.4) is 0 Å². The lowest BCUT2D eigenvalue weighted by molar-refractivity contribution is -0.125. The molecule has 3 unspecified atom stereocenters. The fourth-order valence-electron chi connectivity index (χ4n) is 1.21. The van der Waals surface area contributed by atoms with Crippen LogP contribution in [0.1, 0.15) is 20.8 Å². The van der Waals surface area contributed by atoms with Crippen molar-refractivity contribution in [2.75, 3.05) is 0 Å². The topological polar surface area (TPSA) is 67.4 Å². The van der Waals surface area contributed by atoms with Crippen LogP contribution in [0, 0.1) is 0 Å². The number of ether oxygens (including phenoxy) is 1. The molecule has 2 N–H and O–H groups in total. The van der Waals surface area contributed by atoms with E-state index >= 15 is 0 Å². The van der Waals surface area contributed by atoms with Crippen molar-refractivity contribution < 1.29 is 14.3 Å². The van der Waals surface area contributed by atoms with Crippen molar-refractivity contribution in [3.63, 3.8) is 0 Å². The van der Waals surface area contributed by atoms with Crippen LogP contribution in [-0.2, 0) is 14.3 Å².